The van der Waals surface area contributed by atoms with E-state index in [2.05, 4.69) is 132 Å². The van der Waals surface area contributed by atoms with Gasteiger partial charge in [-0.15, -0.1) is 0 Å². The SMILES string of the molecule is CC(=C(C)C(C)(C)C)C(C)C.CC(C)=C(C)C(C)=C(C)C.CC(C)=C(C)C(C)=C(C)C. The fourth-order valence-corrected chi connectivity index (χ4v) is 2.52. The molecule has 0 heteroatoms. The quantitative estimate of drug-likeness (QED) is 0.308. The molecule has 0 aliphatic heterocycles. The first-order valence-electron chi connectivity index (χ1n) is 11.9. The minimum atomic E-state index is 0.342. The predicted octanol–water partition coefficient (Wildman–Crippen LogP) is 11.4. The van der Waals surface area contributed by atoms with E-state index >= 15 is 0 Å². The molecule has 0 aromatic carbocycles. The van der Waals surface area contributed by atoms with E-state index in [1.165, 1.54) is 55.7 Å². The molecule has 0 saturated carbocycles. The van der Waals surface area contributed by atoms with Crippen LogP contribution in [0.15, 0.2) is 55.7 Å². The van der Waals surface area contributed by atoms with E-state index < -0.39 is 0 Å². The van der Waals surface area contributed by atoms with Crippen molar-refractivity contribution in [1.82, 2.24) is 0 Å². The zero-order chi connectivity index (χ0) is 25.9. The zero-order valence-corrected chi connectivity index (χ0v) is 25.1. The lowest BCUT2D eigenvalue weighted by molar-refractivity contribution is 0.489. The van der Waals surface area contributed by atoms with Crippen molar-refractivity contribution >= 4 is 0 Å². The number of hydrogen-bond acceptors (Lipinski definition) is 0. The number of allylic oxidation sites excluding steroid dienone is 10. The van der Waals surface area contributed by atoms with Gasteiger partial charge in [0.25, 0.3) is 0 Å². The van der Waals surface area contributed by atoms with Crippen molar-refractivity contribution < 1.29 is 0 Å². The van der Waals surface area contributed by atoms with Crippen LogP contribution < -0.4 is 0 Å². The van der Waals surface area contributed by atoms with Gasteiger partial charge in [0.05, 0.1) is 0 Å². The van der Waals surface area contributed by atoms with Gasteiger partial charge in [0.2, 0.25) is 0 Å². The van der Waals surface area contributed by atoms with Crippen LogP contribution in [0.4, 0.5) is 0 Å². The fourth-order valence-electron chi connectivity index (χ4n) is 2.52. The van der Waals surface area contributed by atoms with Gasteiger partial charge in [-0.3, -0.25) is 0 Å². The van der Waals surface area contributed by atoms with Gasteiger partial charge in [-0.05, 0) is 131 Å². The van der Waals surface area contributed by atoms with E-state index in [0.717, 1.165) is 0 Å². The topological polar surface area (TPSA) is 0 Å². The molecular weight excluding hydrogens is 372 g/mol. The number of rotatable bonds is 3. The molecule has 0 atom stereocenters. The first-order chi connectivity index (χ1) is 13.7. The van der Waals surface area contributed by atoms with Crippen molar-refractivity contribution in [3.05, 3.63) is 55.7 Å². The van der Waals surface area contributed by atoms with Gasteiger partial charge in [-0.1, -0.05) is 68.1 Å². The second kappa shape index (κ2) is 15.5. The lowest BCUT2D eigenvalue weighted by Gasteiger charge is -2.24. The second-order valence-corrected chi connectivity index (χ2v) is 11.2. The zero-order valence-electron chi connectivity index (χ0n) is 25.1. The molecule has 0 rings (SSSR count). The Bertz CT molecular complexity index is 612. The molecule has 0 amide bonds. The smallest absolute Gasteiger partial charge is 0.0173 e. The Labute approximate surface area is 198 Å². The summed E-state index contributed by atoms with van der Waals surface area (Å²) in [6, 6.07) is 0. The highest BCUT2D eigenvalue weighted by Gasteiger charge is 2.15. The summed E-state index contributed by atoms with van der Waals surface area (Å²) in [6.45, 7) is 41.8. The van der Waals surface area contributed by atoms with E-state index in [4.69, 9.17) is 0 Å². The van der Waals surface area contributed by atoms with Gasteiger partial charge >= 0.3 is 0 Å². The van der Waals surface area contributed by atoms with Gasteiger partial charge in [-0.2, -0.15) is 0 Å². The minimum absolute atomic E-state index is 0.342. The Balaban J connectivity index is -0.000000380. The van der Waals surface area contributed by atoms with Gasteiger partial charge in [0, 0.05) is 0 Å². The molecule has 0 heterocycles. The van der Waals surface area contributed by atoms with Crippen LogP contribution in [0.2, 0.25) is 0 Å². The molecule has 0 aromatic heterocycles. The average Bonchev–Trinajstić information content (AvgIpc) is 2.63. The predicted molar refractivity (Wildman–Crippen MR) is 149 cm³/mol. The van der Waals surface area contributed by atoms with Crippen LogP contribution in [0.1, 0.15) is 132 Å². The first kappa shape index (κ1) is 34.3. The Hall–Kier alpha value is -1.30. The summed E-state index contributed by atoms with van der Waals surface area (Å²) in [7, 11) is 0. The van der Waals surface area contributed by atoms with Gasteiger partial charge in [0.15, 0.2) is 0 Å². The molecule has 0 radical (unpaired) electrons. The molecule has 0 aromatic rings. The molecule has 0 unspecified atom stereocenters. The highest BCUT2D eigenvalue weighted by atomic mass is 14.2. The van der Waals surface area contributed by atoms with Crippen molar-refractivity contribution in [2.45, 2.75) is 132 Å². The van der Waals surface area contributed by atoms with Crippen molar-refractivity contribution in [1.29, 1.82) is 0 Å². The Morgan fingerprint density at radius 2 is 0.613 bits per heavy atom. The average molecular weight is 431 g/mol. The van der Waals surface area contributed by atoms with Gasteiger partial charge in [0.1, 0.15) is 0 Å². The summed E-state index contributed by atoms with van der Waals surface area (Å²) < 4.78 is 0. The van der Waals surface area contributed by atoms with Crippen LogP contribution in [0.25, 0.3) is 0 Å². The van der Waals surface area contributed by atoms with E-state index in [1.54, 1.807) is 0 Å². The second-order valence-electron chi connectivity index (χ2n) is 11.2. The largest absolute Gasteiger partial charge is 0.0732 e. The van der Waals surface area contributed by atoms with E-state index in [9.17, 15) is 0 Å². The summed E-state index contributed by atoms with van der Waals surface area (Å²) in [5.74, 6) is 0.689. The van der Waals surface area contributed by atoms with Crippen molar-refractivity contribution in [3.8, 4) is 0 Å². The molecule has 0 spiro atoms. The maximum absolute atomic E-state index is 2.27. The standard InChI is InChI=1S/C11H22.2C10H18/c1-8(2)9(3)10(4)11(5,6)7;2*1-7(2)9(5)10(6)8(3)4/h8H,1-7H3;2*1-6H3. The van der Waals surface area contributed by atoms with E-state index in [-0.39, 0.29) is 0 Å². The summed E-state index contributed by atoms with van der Waals surface area (Å²) in [5.41, 5.74) is 14.8. The van der Waals surface area contributed by atoms with Crippen molar-refractivity contribution in [2.24, 2.45) is 11.3 Å². The minimum Gasteiger partial charge on any atom is -0.0732 e. The molecule has 0 aliphatic carbocycles. The lowest BCUT2D eigenvalue weighted by Crippen LogP contribution is -2.10. The maximum Gasteiger partial charge on any atom is -0.0173 e. The maximum atomic E-state index is 2.27. The first-order valence-corrected chi connectivity index (χ1v) is 11.9. The van der Waals surface area contributed by atoms with Gasteiger partial charge in [-0.25, -0.2) is 0 Å². The third-order valence-corrected chi connectivity index (χ3v) is 6.71. The van der Waals surface area contributed by atoms with Gasteiger partial charge < -0.3 is 0 Å². The highest BCUT2D eigenvalue weighted by Crippen LogP contribution is 2.29. The number of hydrogen-bond donors (Lipinski definition) is 0. The molecule has 182 valence electrons. The molecule has 31 heavy (non-hydrogen) atoms. The Kier molecular flexibility index (Phi) is 17.2. The molecular formula is C31H58. The van der Waals surface area contributed by atoms with Crippen molar-refractivity contribution in [2.75, 3.05) is 0 Å². The van der Waals surface area contributed by atoms with Crippen LogP contribution in [0, 0.1) is 11.3 Å². The fraction of sp³-hybridized carbons (Fsp3) is 0.677. The van der Waals surface area contributed by atoms with Crippen LogP contribution in [-0.2, 0) is 0 Å². The third-order valence-electron chi connectivity index (χ3n) is 6.71. The van der Waals surface area contributed by atoms with Crippen LogP contribution in [0.5, 0.6) is 0 Å². The summed E-state index contributed by atoms with van der Waals surface area (Å²) in [6.07, 6.45) is 0. The normalized spacial score (nSPS) is 11.2. The summed E-state index contributed by atoms with van der Waals surface area (Å²) in [4.78, 5) is 0. The molecule has 0 saturated heterocycles. The highest BCUT2D eigenvalue weighted by molar-refractivity contribution is 5.33. The molecule has 0 N–H and O–H groups in total. The van der Waals surface area contributed by atoms with Crippen LogP contribution in [-0.4, -0.2) is 0 Å². The third kappa shape index (κ3) is 15.2. The lowest BCUT2D eigenvalue weighted by atomic mass is 9.82. The Morgan fingerprint density at radius 1 is 0.419 bits per heavy atom. The van der Waals surface area contributed by atoms with Crippen molar-refractivity contribution in [3.63, 3.8) is 0 Å². The summed E-state index contributed by atoms with van der Waals surface area (Å²) in [5, 5.41) is 0. The van der Waals surface area contributed by atoms with E-state index in [0.29, 0.717) is 11.3 Å². The Morgan fingerprint density at radius 3 is 0.677 bits per heavy atom. The summed E-state index contributed by atoms with van der Waals surface area (Å²) >= 11 is 0. The molecule has 0 fully saturated rings. The molecule has 0 bridgehead atoms. The monoisotopic (exact) mass is 430 g/mol. The molecule has 0 aliphatic rings. The molecule has 0 nitrogen and oxygen atoms in total. The van der Waals surface area contributed by atoms with Crippen LogP contribution in [0.3, 0.4) is 0 Å². The van der Waals surface area contributed by atoms with E-state index in [1.807, 2.05) is 0 Å². The van der Waals surface area contributed by atoms with Crippen LogP contribution >= 0.6 is 0 Å².